The first-order valence-corrected chi connectivity index (χ1v) is 10.9. The molecule has 166 valence electrons. The highest BCUT2D eigenvalue weighted by atomic mass is 32.2. The average Bonchev–Trinajstić information content (AvgIpc) is 2.68. The first-order valence-electron chi connectivity index (χ1n) is 9.38. The quantitative estimate of drug-likeness (QED) is 0.549. The molecule has 10 heteroatoms. The topological polar surface area (TPSA) is 145 Å². The summed E-state index contributed by atoms with van der Waals surface area (Å²) in [6, 6.07) is 9.46. The van der Waals surface area contributed by atoms with E-state index in [2.05, 4.69) is 10.6 Å². The second-order valence-electron chi connectivity index (χ2n) is 7.11. The lowest BCUT2D eigenvalue weighted by molar-refractivity contribution is -0.130. The minimum Gasteiger partial charge on any atom is -0.449 e. The van der Waals surface area contributed by atoms with E-state index in [0.29, 0.717) is 11.3 Å². The summed E-state index contributed by atoms with van der Waals surface area (Å²) in [5.41, 5.74) is 2.76. The molecule has 2 aromatic carbocycles. The molecule has 0 saturated heterocycles. The number of carbonyl (C=O) groups is 3. The van der Waals surface area contributed by atoms with Gasteiger partial charge in [0.2, 0.25) is 15.9 Å². The molecule has 0 aliphatic heterocycles. The van der Waals surface area contributed by atoms with Crippen LogP contribution in [-0.2, 0) is 24.3 Å². The Labute approximate surface area is 181 Å². The Kier molecular flexibility index (Phi) is 7.53. The van der Waals surface area contributed by atoms with E-state index in [1.807, 2.05) is 32.0 Å². The maximum atomic E-state index is 12.3. The number of carbonyl (C=O) groups excluding carboxylic acids is 3. The summed E-state index contributed by atoms with van der Waals surface area (Å²) in [7, 11) is -4.02. The van der Waals surface area contributed by atoms with Crippen LogP contribution in [0.3, 0.4) is 0 Å². The Morgan fingerprint density at radius 3 is 2.23 bits per heavy atom. The second-order valence-corrected chi connectivity index (χ2v) is 8.64. The predicted molar refractivity (Wildman–Crippen MR) is 115 cm³/mol. The molecule has 0 aromatic heterocycles. The van der Waals surface area contributed by atoms with Gasteiger partial charge in [0.25, 0.3) is 5.91 Å². The van der Waals surface area contributed by atoms with Gasteiger partial charge in [-0.3, -0.25) is 9.59 Å². The SMILES string of the molecule is Cc1ccc(C(=O)OC(C)C(=O)NCC(=O)Nc2c(C)cccc2C)cc1S(N)(=O)=O. The summed E-state index contributed by atoms with van der Waals surface area (Å²) in [6.45, 7) is 6.28. The Balaban J connectivity index is 1.95. The van der Waals surface area contributed by atoms with Crippen molar-refractivity contribution in [2.75, 3.05) is 11.9 Å². The monoisotopic (exact) mass is 447 g/mol. The number of primary sulfonamides is 1. The third-order valence-corrected chi connectivity index (χ3v) is 5.61. The third kappa shape index (κ3) is 6.37. The van der Waals surface area contributed by atoms with E-state index >= 15 is 0 Å². The Morgan fingerprint density at radius 1 is 1.03 bits per heavy atom. The molecule has 2 aromatic rings. The van der Waals surface area contributed by atoms with Crippen LogP contribution in [0.1, 0.15) is 34.0 Å². The largest absolute Gasteiger partial charge is 0.449 e. The number of nitrogens with one attached hydrogen (secondary N) is 2. The molecular formula is C21H25N3O6S. The number of amides is 2. The number of hydrogen-bond acceptors (Lipinski definition) is 6. The van der Waals surface area contributed by atoms with Crippen LogP contribution in [0.5, 0.6) is 0 Å². The molecule has 0 spiro atoms. The minimum absolute atomic E-state index is 0.0675. The summed E-state index contributed by atoms with van der Waals surface area (Å²) in [6.07, 6.45) is -1.21. The van der Waals surface area contributed by atoms with Crippen LogP contribution in [-0.4, -0.2) is 38.9 Å². The molecule has 0 aliphatic carbocycles. The lowest BCUT2D eigenvalue weighted by atomic mass is 10.1. The molecule has 0 heterocycles. The number of nitrogens with two attached hydrogens (primary N) is 1. The lowest BCUT2D eigenvalue weighted by Crippen LogP contribution is -2.40. The molecule has 0 saturated carbocycles. The number of para-hydroxylation sites is 1. The Hall–Kier alpha value is -3.24. The fraction of sp³-hybridized carbons (Fsp3) is 0.286. The van der Waals surface area contributed by atoms with Crippen LogP contribution < -0.4 is 15.8 Å². The Morgan fingerprint density at radius 2 is 1.65 bits per heavy atom. The van der Waals surface area contributed by atoms with E-state index in [-0.39, 0.29) is 17.0 Å². The van der Waals surface area contributed by atoms with Gasteiger partial charge in [-0.25, -0.2) is 18.4 Å². The molecule has 0 fully saturated rings. The van der Waals surface area contributed by atoms with Crippen LogP contribution in [0.2, 0.25) is 0 Å². The van der Waals surface area contributed by atoms with Crippen molar-refractivity contribution in [3.8, 4) is 0 Å². The highest BCUT2D eigenvalue weighted by molar-refractivity contribution is 7.89. The van der Waals surface area contributed by atoms with Crippen molar-refractivity contribution >= 4 is 33.5 Å². The molecule has 0 bridgehead atoms. The molecule has 2 rings (SSSR count). The smallest absolute Gasteiger partial charge is 0.338 e. The Bertz CT molecular complexity index is 1110. The van der Waals surface area contributed by atoms with E-state index in [4.69, 9.17) is 9.88 Å². The van der Waals surface area contributed by atoms with Crippen molar-refractivity contribution in [1.29, 1.82) is 0 Å². The van der Waals surface area contributed by atoms with E-state index in [0.717, 1.165) is 17.2 Å². The normalized spacial score (nSPS) is 12.0. The third-order valence-electron chi connectivity index (χ3n) is 4.55. The number of sulfonamides is 1. The van der Waals surface area contributed by atoms with Crippen LogP contribution in [0, 0.1) is 20.8 Å². The van der Waals surface area contributed by atoms with Crippen molar-refractivity contribution in [2.24, 2.45) is 5.14 Å². The number of aryl methyl sites for hydroxylation is 3. The second kappa shape index (κ2) is 9.71. The van der Waals surface area contributed by atoms with E-state index < -0.39 is 33.9 Å². The zero-order valence-corrected chi connectivity index (χ0v) is 18.5. The summed E-state index contributed by atoms with van der Waals surface area (Å²) >= 11 is 0. The van der Waals surface area contributed by atoms with Crippen molar-refractivity contribution < 1.29 is 27.5 Å². The fourth-order valence-corrected chi connectivity index (χ4v) is 3.63. The summed E-state index contributed by atoms with van der Waals surface area (Å²) < 4.78 is 28.3. The number of esters is 1. The van der Waals surface area contributed by atoms with E-state index in [9.17, 15) is 22.8 Å². The fourth-order valence-electron chi connectivity index (χ4n) is 2.82. The highest BCUT2D eigenvalue weighted by Gasteiger charge is 2.21. The number of anilines is 1. The predicted octanol–water partition coefficient (Wildman–Crippen LogP) is 1.56. The summed E-state index contributed by atoms with van der Waals surface area (Å²) in [5, 5.41) is 10.3. The molecule has 4 N–H and O–H groups in total. The lowest BCUT2D eigenvalue weighted by Gasteiger charge is -2.15. The van der Waals surface area contributed by atoms with Crippen LogP contribution in [0.4, 0.5) is 5.69 Å². The number of rotatable bonds is 7. The number of hydrogen-bond donors (Lipinski definition) is 3. The van der Waals surface area contributed by atoms with Gasteiger partial charge < -0.3 is 15.4 Å². The van der Waals surface area contributed by atoms with Gasteiger partial charge >= 0.3 is 5.97 Å². The zero-order chi connectivity index (χ0) is 23.3. The standard InChI is InChI=1S/C21H25N3O6S/c1-12-8-9-16(10-17(12)31(22,28)29)21(27)30-15(4)20(26)23-11-18(25)24-19-13(2)6-5-7-14(19)3/h5-10,15H,11H2,1-4H3,(H,23,26)(H,24,25)(H2,22,28,29). The van der Waals surface area contributed by atoms with Gasteiger partial charge in [0.1, 0.15) is 0 Å². The molecule has 0 radical (unpaired) electrons. The van der Waals surface area contributed by atoms with E-state index in [1.165, 1.54) is 26.0 Å². The van der Waals surface area contributed by atoms with Gasteiger partial charge in [0.15, 0.2) is 6.10 Å². The maximum Gasteiger partial charge on any atom is 0.338 e. The summed E-state index contributed by atoms with van der Waals surface area (Å²) in [5.74, 6) is -2.00. The first kappa shape index (κ1) is 24.0. The van der Waals surface area contributed by atoms with Gasteiger partial charge in [-0.2, -0.15) is 0 Å². The molecule has 31 heavy (non-hydrogen) atoms. The van der Waals surface area contributed by atoms with Crippen LogP contribution >= 0.6 is 0 Å². The number of benzene rings is 2. The molecule has 1 unspecified atom stereocenters. The molecule has 2 amide bonds. The first-order chi connectivity index (χ1) is 14.4. The molecule has 1 atom stereocenters. The van der Waals surface area contributed by atoms with Gasteiger partial charge in [0.05, 0.1) is 17.0 Å². The van der Waals surface area contributed by atoms with Crippen molar-refractivity contribution in [3.63, 3.8) is 0 Å². The highest BCUT2D eigenvalue weighted by Crippen LogP contribution is 2.19. The van der Waals surface area contributed by atoms with E-state index in [1.54, 1.807) is 0 Å². The van der Waals surface area contributed by atoms with Crippen molar-refractivity contribution in [3.05, 3.63) is 58.7 Å². The number of ether oxygens (including phenoxy) is 1. The maximum absolute atomic E-state index is 12.3. The summed E-state index contributed by atoms with van der Waals surface area (Å²) in [4.78, 5) is 36.4. The van der Waals surface area contributed by atoms with Gasteiger partial charge in [0, 0.05) is 5.69 Å². The molecular weight excluding hydrogens is 422 g/mol. The molecule has 9 nitrogen and oxygen atoms in total. The zero-order valence-electron chi connectivity index (χ0n) is 17.7. The van der Waals surface area contributed by atoms with Gasteiger partial charge in [-0.15, -0.1) is 0 Å². The molecule has 0 aliphatic rings. The van der Waals surface area contributed by atoms with Crippen molar-refractivity contribution in [2.45, 2.75) is 38.7 Å². The van der Waals surface area contributed by atoms with Gasteiger partial charge in [-0.05, 0) is 56.5 Å². The average molecular weight is 448 g/mol. The van der Waals surface area contributed by atoms with Crippen molar-refractivity contribution in [1.82, 2.24) is 5.32 Å². The minimum atomic E-state index is -4.02. The van der Waals surface area contributed by atoms with Gasteiger partial charge in [-0.1, -0.05) is 24.3 Å². The van der Waals surface area contributed by atoms with Crippen LogP contribution in [0.25, 0.3) is 0 Å². The van der Waals surface area contributed by atoms with Crippen LogP contribution in [0.15, 0.2) is 41.3 Å².